The van der Waals surface area contributed by atoms with Gasteiger partial charge in [0.2, 0.25) is 0 Å². The van der Waals surface area contributed by atoms with E-state index in [1.807, 2.05) is 0 Å². The molecule has 1 atom stereocenters. The summed E-state index contributed by atoms with van der Waals surface area (Å²) in [5, 5.41) is 13.2. The second-order valence-electron chi connectivity index (χ2n) is 5.33. The number of aryl methyl sites for hydroxylation is 1. The van der Waals surface area contributed by atoms with Crippen LogP contribution in [0.2, 0.25) is 0 Å². The van der Waals surface area contributed by atoms with E-state index in [0.29, 0.717) is 19.6 Å². The van der Waals surface area contributed by atoms with Gasteiger partial charge in [0.1, 0.15) is 0 Å². The molecule has 0 aliphatic carbocycles. The van der Waals surface area contributed by atoms with Gasteiger partial charge in [-0.05, 0) is 18.8 Å². The van der Waals surface area contributed by atoms with Crippen LogP contribution in [-0.4, -0.2) is 58.7 Å². The van der Waals surface area contributed by atoms with Crippen LogP contribution >= 0.6 is 0 Å². The maximum Gasteiger partial charge on any atom is 0.282 e. The zero-order valence-corrected chi connectivity index (χ0v) is 12.8. The minimum Gasteiger partial charge on any atom is -0.396 e. The smallest absolute Gasteiger partial charge is 0.282 e. The average molecular weight is 302 g/mol. The zero-order chi connectivity index (χ0) is 14.8. The van der Waals surface area contributed by atoms with E-state index in [1.165, 1.54) is 8.61 Å². The lowest BCUT2D eigenvalue weighted by atomic mass is 10.0. The quantitative estimate of drug-likeness (QED) is 0.817. The molecule has 1 N–H and O–H groups in total. The minimum absolute atomic E-state index is 0.0400. The van der Waals surface area contributed by atoms with E-state index in [-0.39, 0.29) is 12.5 Å². The van der Waals surface area contributed by atoms with Crippen LogP contribution in [0.3, 0.4) is 0 Å². The van der Waals surface area contributed by atoms with Crippen molar-refractivity contribution in [3.63, 3.8) is 0 Å². The first-order chi connectivity index (χ1) is 9.43. The van der Waals surface area contributed by atoms with Crippen LogP contribution in [0.4, 0.5) is 0 Å². The molecule has 2 rings (SSSR count). The molecule has 20 heavy (non-hydrogen) atoms. The highest BCUT2D eigenvalue weighted by molar-refractivity contribution is 7.86. The third-order valence-corrected chi connectivity index (χ3v) is 5.52. The summed E-state index contributed by atoms with van der Waals surface area (Å²) >= 11 is 0. The molecule has 1 saturated heterocycles. The molecule has 0 spiro atoms. The summed E-state index contributed by atoms with van der Waals surface area (Å²) in [6.07, 6.45) is 5.15. The van der Waals surface area contributed by atoms with Gasteiger partial charge < -0.3 is 5.11 Å². The maximum absolute atomic E-state index is 12.5. The first kappa shape index (κ1) is 15.4. The van der Waals surface area contributed by atoms with E-state index in [1.54, 1.807) is 31.2 Å². The number of aliphatic hydroxyl groups is 1. The largest absolute Gasteiger partial charge is 0.396 e. The van der Waals surface area contributed by atoms with E-state index in [9.17, 15) is 13.5 Å². The van der Waals surface area contributed by atoms with Gasteiger partial charge in [-0.2, -0.15) is 22.1 Å². The molecular weight excluding hydrogens is 280 g/mol. The van der Waals surface area contributed by atoms with Crippen molar-refractivity contribution >= 4 is 10.2 Å². The lowest BCUT2D eigenvalue weighted by molar-refractivity contribution is 0.161. The Hall–Kier alpha value is -0.960. The van der Waals surface area contributed by atoms with Crippen LogP contribution in [0.25, 0.3) is 0 Å². The Bertz CT molecular complexity index is 543. The van der Waals surface area contributed by atoms with E-state index in [2.05, 4.69) is 5.10 Å². The SMILES string of the molecule is CN(Cc1cnn(C)c1)S(=O)(=O)N1CCCC(CO)C1. The Morgan fingerprint density at radius 2 is 2.30 bits per heavy atom. The van der Waals surface area contributed by atoms with E-state index >= 15 is 0 Å². The molecule has 2 heterocycles. The number of hydrogen-bond acceptors (Lipinski definition) is 4. The topological polar surface area (TPSA) is 78.7 Å². The summed E-state index contributed by atoms with van der Waals surface area (Å²) in [4.78, 5) is 0. The van der Waals surface area contributed by atoms with Gasteiger partial charge >= 0.3 is 0 Å². The number of aliphatic hydroxyl groups excluding tert-OH is 1. The normalized spacial score (nSPS) is 21.5. The lowest BCUT2D eigenvalue weighted by Gasteiger charge is -2.33. The van der Waals surface area contributed by atoms with E-state index < -0.39 is 10.2 Å². The molecule has 0 radical (unpaired) electrons. The molecule has 1 aromatic heterocycles. The fourth-order valence-electron chi connectivity index (χ4n) is 2.47. The number of piperidine rings is 1. The van der Waals surface area contributed by atoms with Crippen molar-refractivity contribution in [1.29, 1.82) is 0 Å². The molecule has 0 aromatic carbocycles. The van der Waals surface area contributed by atoms with Crippen LogP contribution in [-0.2, 0) is 23.8 Å². The minimum atomic E-state index is -3.48. The Kier molecular flexibility index (Phi) is 4.79. The number of aromatic nitrogens is 2. The highest BCUT2D eigenvalue weighted by atomic mass is 32.2. The van der Waals surface area contributed by atoms with Crippen molar-refractivity contribution in [2.75, 3.05) is 26.7 Å². The van der Waals surface area contributed by atoms with E-state index in [0.717, 1.165) is 18.4 Å². The molecule has 1 aliphatic heterocycles. The van der Waals surface area contributed by atoms with Crippen molar-refractivity contribution in [1.82, 2.24) is 18.4 Å². The first-order valence-corrected chi connectivity index (χ1v) is 8.13. The molecule has 8 heteroatoms. The molecule has 1 fully saturated rings. The third-order valence-electron chi connectivity index (χ3n) is 3.62. The Labute approximate surface area is 120 Å². The van der Waals surface area contributed by atoms with Crippen molar-refractivity contribution in [2.45, 2.75) is 19.4 Å². The predicted molar refractivity (Wildman–Crippen MR) is 75.0 cm³/mol. The highest BCUT2D eigenvalue weighted by Crippen LogP contribution is 2.21. The van der Waals surface area contributed by atoms with Crippen molar-refractivity contribution in [3.05, 3.63) is 18.0 Å². The number of rotatable bonds is 5. The summed E-state index contributed by atoms with van der Waals surface area (Å²) < 4.78 is 29.5. The van der Waals surface area contributed by atoms with Gasteiger partial charge in [-0.15, -0.1) is 0 Å². The maximum atomic E-state index is 12.5. The second-order valence-corrected chi connectivity index (χ2v) is 7.37. The van der Waals surface area contributed by atoms with Gasteiger partial charge in [-0.25, -0.2) is 0 Å². The molecule has 114 valence electrons. The molecule has 0 amide bonds. The molecule has 7 nitrogen and oxygen atoms in total. The zero-order valence-electron chi connectivity index (χ0n) is 11.9. The van der Waals surface area contributed by atoms with Crippen molar-refractivity contribution in [2.24, 2.45) is 13.0 Å². The van der Waals surface area contributed by atoms with E-state index in [4.69, 9.17) is 0 Å². The number of nitrogens with zero attached hydrogens (tertiary/aromatic N) is 4. The Morgan fingerprint density at radius 1 is 1.55 bits per heavy atom. The molecule has 0 saturated carbocycles. The van der Waals surface area contributed by atoms with Crippen molar-refractivity contribution in [3.8, 4) is 0 Å². The third kappa shape index (κ3) is 3.38. The molecule has 1 aromatic rings. The molecule has 1 unspecified atom stereocenters. The summed E-state index contributed by atoms with van der Waals surface area (Å²) in [7, 11) is -0.101. The van der Waals surface area contributed by atoms with Gasteiger partial charge in [0.25, 0.3) is 10.2 Å². The highest BCUT2D eigenvalue weighted by Gasteiger charge is 2.31. The van der Waals surface area contributed by atoms with Crippen LogP contribution in [0.1, 0.15) is 18.4 Å². The van der Waals surface area contributed by atoms with Crippen LogP contribution in [0, 0.1) is 5.92 Å². The lowest BCUT2D eigenvalue weighted by Crippen LogP contribution is -2.47. The fourth-order valence-corrected chi connectivity index (χ4v) is 3.94. The van der Waals surface area contributed by atoms with Crippen LogP contribution in [0.15, 0.2) is 12.4 Å². The summed E-state index contributed by atoms with van der Waals surface area (Å²) in [6.45, 7) is 1.27. The number of hydrogen-bond donors (Lipinski definition) is 1. The second kappa shape index (κ2) is 6.21. The molecule has 1 aliphatic rings. The molecular formula is C12H22N4O3S. The van der Waals surface area contributed by atoms with Gasteiger partial charge in [0.15, 0.2) is 0 Å². The fraction of sp³-hybridized carbons (Fsp3) is 0.750. The van der Waals surface area contributed by atoms with Gasteiger partial charge in [0.05, 0.1) is 6.20 Å². The van der Waals surface area contributed by atoms with Crippen molar-refractivity contribution < 1.29 is 13.5 Å². The standard InChI is InChI=1S/C12H22N4O3S/c1-14-7-12(6-13-14)8-15(2)20(18,19)16-5-3-4-11(9-16)10-17/h6-7,11,17H,3-5,8-10H2,1-2H3. The van der Waals surface area contributed by atoms with Gasteiger partial charge in [-0.3, -0.25) is 4.68 Å². The molecule has 0 bridgehead atoms. The van der Waals surface area contributed by atoms with Crippen LogP contribution < -0.4 is 0 Å². The Morgan fingerprint density at radius 3 is 2.90 bits per heavy atom. The average Bonchev–Trinajstić information content (AvgIpc) is 2.84. The first-order valence-electron chi connectivity index (χ1n) is 6.73. The summed E-state index contributed by atoms with van der Waals surface area (Å²) in [5.74, 6) is 0.0466. The Balaban J connectivity index is 2.05. The monoisotopic (exact) mass is 302 g/mol. The summed E-state index contributed by atoms with van der Waals surface area (Å²) in [5.41, 5.74) is 0.856. The van der Waals surface area contributed by atoms with Crippen LogP contribution in [0.5, 0.6) is 0 Å². The summed E-state index contributed by atoms with van der Waals surface area (Å²) in [6, 6.07) is 0. The van der Waals surface area contributed by atoms with Gasteiger partial charge in [0, 0.05) is 52.1 Å². The predicted octanol–water partition coefficient (Wildman–Crippen LogP) is -0.199. The van der Waals surface area contributed by atoms with Gasteiger partial charge in [-0.1, -0.05) is 0 Å².